The van der Waals surface area contributed by atoms with Crippen LogP contribution in [0.2, 0.25) is 0 Å². The summed E-state index contributed by atoms with van der Waals surface area (Å²) in [5, 5.41) is 2.76. The van der Waals surface area contributed by atoms with Crippen molar-refractivity contribution in [3.63, 3.8) is 0 Å². The van der Waals surface area contributed by atoms with E-state index in [2.05, 4.69) is 5.32 Å². The molecule has 0 radical (unpaired) electrons. The molecule has 0 aliphatic rings. The van der Waals surface area contributed by atoms with Gasteiger partial charge in [0.05, 0.1) is 6.54 Å². The first-order chi connectivity index (χ1) is 11.3. The Hall–Kier alpha value is -1.77. The first-order valence-electron chi connectivity index (χ1n) is 7.31. The molecule has 8 heteroatoms. The Labute approximate surface area is 145 Å². The number of aryl methyl sites for hydroxylation is 1. The molecule has 0 saturated heterocycles. The monoisotopic (exact) mass is 370 g/mol. The van der Waals surface area contributed by atoms with E-state index in [-0.39, 0.29) is 22.5 Å². The number of carbonyl (C=O) groups excluding carboxylic acids is 1. The molecule has 1 aromatic carbocycles. The third-order valence-corrected chi connectivity index (χ3v) is 6.75. The van der Waals surface area contributed by atoms with E-state index in [0.29, 0.717) is 12.8 Å². The molecule has 0 aliphatic heterocycles. The Balaban J connectivity index is 1.84. The van der Waals surface area contributed by atoms with Gasteiger partial charge in [-0.15, -0.1) is 11.3 Å². The normalized spacial score (nSPS) is 11.7. The summed E-state index contributed by atoms with van der Waals surface area (Å²) in [7, 11) is -0.480. The molecule has 0 bridgehead atoms. The molecule has 1 N–H and O–H groups in total. The molecule has 2 aromatic rings. The maximum atomic E-state index is 12.8. The number of benzene rings is 1. The summed E-state index contributed by atoms with van der Waals surface area (Å²) in [4.78, 5) is 12.6. The SMILES string of the molecule is CN(C)S(=O)(=O)c1ccc(CNC(=O)CCc2ccc(F)cc2)s1. The molecule has 0 unspecified atom stereocenters. The van der Waals surface area contributed by atoms with Gasteiger partial charge in [0, 0.05) is 25.4 Å². The number of nitrogens with one attached hydrogen (secondary N) is 1. The van der Waals surface area contributed by atoms with Crippen molar-refractivity contribution in [3.05, 3.63) is 52.7 Å². The van der Waals surface area contributed by atoms with Crippen LogP contribution in [0, 0.1) is 5.82 Å². The molecule has 1 amide bonds. The summed E-state index contributed by atoms with van der Waals surface area (Å²) in [6.45, 7) is 0.288. The van der Waals surface area contributed by atoms with Gasteiger partial charge in [0.1, 0.15) is 10.0 Å². The molecule has 24 heavy (non-hydrogen) atoms. The van der Waals surface area contributed by atoms with Crippen LogP contribution in [0.15, 0.2) is 40.6 Å². The largest absolute Gasteiger partial charge is 0.351 e. The minimum atomic E-state index is -3.44. The fraction of sp³-hybridized carbons (Fsp3) is 0.312. The van der Waals surface area contributed by atoms with Crippen molar-refractivity contribution >= 4 is 27.3 Å². The highest BCUT2D eigenvalue weighted by Gasteiger charge is 2.19. The number of hydrogen-bond acceptors (Lipinski definition) is 4. The summed E-state index contributed by atoms with van der Waals surface area (Å²) < 4.78 is 38.2. The van der Waals surface area contributed by atoms with Gasteiger partial charge in [0.15, 0.2) is 0 Å². The van der Waals surface area contributed by atoms with Crippen molar-refractivity contribution in [1.29, 1.82) is 0 Å². The number of nitrogens with zero attached hydrogens (tertiary/aromatic N) is 1. The van der Waals surface area contributed by atoms with E-state index in [1.807, 2.05) is 0 Å². The van der Waals surface area contributed by atoms with Crippen LogP contribution in [0.5, 0.6) is 0 Å². The second-order valence-electron chi connectivity index (χ2n) is 5.41. The van der Waals surface area contributed by atoms with E-state index in [1.165, 1.54) is 26.2 Å². The number of amides is 1. The van der Waals surface area contributed by atoms with Crippen LogP contribution in [0.1, 0.15) is 16.9 Å². The van der Waals surface area contributed by atoms with Crippen molar-refractivity contribution in [2.75, 3.05) is 14.1 Å². The number of carbonyl (C=O) groups is 1. The van der Waals surface area contributed by atoms with Gasteiger partial charge in [0.2, 0.25) is 5.91 Å². The third kappa shape index (κ3) is 4.86. The second-order valence-corrected chi connectivity index (χ2v) is 8.96. The maximum Gasteiger partial charge on any atom is 0.252 e. The highest BCUT2D eigenvalue weighted by molar-refractivity contribution is 7.91. The fourth-order valence-corrected chi connectivity index (χ4v) is 4.42. The van der Waals surface area contributed by atoms with Gasteiger partial charge < -0.3 is 5.32 Å². The van der Waals surface area contributed by atoms with E-state index in [1.54, 1.807) is 24.3 Å². The first-order valence-corrected chi connectivity index (χ1v) is 9.57. The molecule has 5 nitrogen and oxygen atoms in total. The standard InChI is InChI=1S/C16H19FN2O3S2/c1-19(2)24(21,22)16-10-8-14(23-16)11-18-15(20)9-5-12-3-6-13(17)7-4-12/h3-4,6-8,10H,5,9,11H2,1-2H3,(H,18,20). The lowest BCUT2D eigenvalue weighted by atomic mass is 10.1. The number of thiophene rings is 1. The van der Waals surface area contributed by atoms with Crippen molar-refractivity contribution in [3.8, 4) is 0 Å². The molecule has 1 heterocycles. The summed E-state index contributed by atoms with van der Waals surface area (Å²) >= 11 is 1.14. The van der Waals surface area contributed by atoms with E-state index < -0.39 is 10.0 Å². The van der Waals surface area contributed by atoms with Crippen LogP contribution in [0.4, 0.5) is 4.39 Å². The minimum Gasteiger partial charge on any atom is -0.351 e. The van der Waals surface area contributed by atoms with Gasteiger partial charge in [-0.3, -0.25) is 4.79 Å². The molecule has 0 saturated carbocycles. The van der Waals surface area contributed by atoms with Crippen LogP contribution < -0.4 is 5.32 Å². The first kappa shape index (κ1) is 18.6. The van der Waals surface area contributed by atoms with E-state index in [4.69, 9.17) is 0 Å². The Bertz CT molecular complexity index is 799. The predicted molar refractivity (Wildman–Crippen MR) is 91.8 cm³/mol. The van der Waals surface area contributed by atoms with Crippen molar-refractivity contribution in [2.45, 2.75) is 23.6 Å². The Kier molecular flexibility index (Phi) is 6.09. The van der Waals surface area contributed by atoms with Crippen LogP contribution in [0.3, 0.4) is 0 Å². The number of halogens is 1. The van der Waals surface area contributed by atoms with Crippen molar-refractivity contribution in [1.82, 2.24) is 9.62 Å². The highest BCUT2D eigenvalue weighted by Crippen LogP contribution is 2.23. The molecule has 130 valence electrons. The average Bonchev–Trinajstić information content (AvgIpc) is 3.02. The Morgan fingerprint density at radius 3 is 2.46 bits per heavy atom. The van der Waals surface area contributed by atoms with E-state index in [0.717, 1.165) is 26.1 Å². The zero-order valence-corrected chi connectivity index (χ0v) is 15.1. The van der Waals surface area contributed by atoms with Crippen LogP contribution in [0.25, 0.3) is 0 Å². The van der Waals surface area contributed by atoms with E-state index in [9.17, 15) is 17.6 Å². The van der Waals surface area contributed by atoms with Crippen LogP contribution in [-0.4, -0.2) is 32.7 Å². The lowest BCUT2D eigenvalue weighted by Crippen LogP contribution is -2.22. The molecule has 0 aliphatic carbocycles. The quantitative estimate of drug-likeness (QED) is 0.814. The number of rotatable bonds is 7. The van der Waals surface area contributed by atoms with Gasteiger partial charge in [-0.05, 0) is 36.2 Å². The maximum absolute atomic E-state index is 12.8. The Morgan fingerprint density at radius 1 is 1.17 bits per heavy atom. The average molecular weight is 370 g/mol. The molecule has 0 spiro atoms. The lowest BCUT2D eigenvalue weighted by Gasteiger charge is -2.08. The summed E-state index contributed by atoms with van der Waals surface area (Å²) in [6.07, 6.45) is 0.816. The summed E-state index contributed by atoms with van der Waals surface area (Å²) in [5.74, 6) is -0.436. The second kappa shape index (κ2) is 7.87. The summed E-state index contributed by atoms with van der Waals surface area (Å²) in [5.41, 5.74) is 0.891. The smallest absolute Gasteiger partial charge is 0.252 e. The fourth-order valence-electron chi connectivity index (χ4n) is 1.95. The minimum absolute atomic E-state index is 0.134. The van der Waals surface area contributed by atoms with Crippen LogP contribution >= 0.6 is 11.3 Å². The van der Waals surface area contributed by atoms with Crippen molar-refractivity contribution < 1.29 is 17.6 Å². The van der Waals surface area contributed by atoms with Gasteiger partial charge in [0.25, 0.3) is 10.0 Å². The zero-order chi connectivity index (χ0) is 17.7. The van der Waals surface area contributed by atoms with Gasteiger partial charge in [-0.1, -0.05) is 12.1 Å². The summed E-state index contributed by atoms with van der Waals surface area (Å²) in [6, 6.07) is 9.28. The molecule has 0 atom stereocenters. The van der Waals surface area contributed by atoms with Gasteiger partial charge in [-0.2, -0.15) is 0 Å². The van der Waals surface area contributed by atoms with Gasteiger partial charge >= 0.3 is 0 Å². The zero-order valence-electron chi connectivity index (χ0n) is 13.5. The van der Waals surface area contributed by atoms with Gasteiger partial charge in [-0.25, -0.2) is 17.1 Å². The van der Waals surface area contributed by atoms with Crippen molar-refractivity contribution in [2.24, 2.45) is 0 Å². The number of hydrogen-bond donors (Lipinski definition) is 1. The highest BCUT2D eigenvalue weighted by atomic mass is 32.2. The Morgan fingerprint density at radius 2 is 1.83 bits per heavy atom. The predicted octanol–water partition coefficient (Wildman–Crippen LogP) is 2.39. The topological polar surface area (TPSA) is 66.5 Å². The molecule has 1 aromatic heterocycles. The number of sulfonamides is 1. The van der Waals surface area contributed by atoms with Crippen LogP contribution in [-0.2, 0) is 27.8 Å². The molecule has 0 fully saturated rings. The lowest BCUT2D eigenvalue weighted by molar-refractivity contribution is -0.121. The molecule has 2 rings (SSSR count). The molecular formula is C16H19FN2O3S2. The third-order valence-electron chi connectivity index (χ3n) is 3.39. The molecular weight excluding hydrogens is 351 g/mol. The van der Waals surface area contributed by atoms with E-state index >= 15 is 0 Å².